The maximum absolute atomic E-state index is 10.9. The van der Waals surface area contributed by atoms with E-state index >= 15 is 0 Å². The zero-order valence-corrected chi connectivity index (χ0v) is 13.9. The summed E-state index contributed by atoms with van der Waals surface area (Å²) in [6.45, 7) is -0.949. The summed E-state index contributed by atoms with van der Waals surface area (Å²) < 4.78 is 24.2. The molecule has 0 aliphatic carbocycles. The van der Waals surface area contributed by atoms with Gasteiger partial charge in [0.15, 0.2) is 6.10 Å². The molecule has 0 saturated heterocycles. The van der Waals surface area contributed by atoms with Gasteiger partial charge in [-0.05, 0) is 0 Å². The molecule has 0 bridgehead atoms. The van der Waals surface area contributed by atoms with E-state index < -0.39 is 47.3 Å². The Balaban J connectivity index is 0. The van der Waals surface area contributed by atoms with Crippen molar-refractivity contribution in [3.05, 3.63) is 0 Å². The van der Waals surface area contributed by atoms with Crippen LogP contribution in [0.15, 0.2) is 0 Å². The van der Waals surface area contributed by atoms with Crippen LogP contribution in [-0.4, -0.2) is 94.9 Å². The SMILES string of the molecule is NS(=O)(=O)OC(=O)[C@H](O)[C@@H](O)[C@H](O)[C@H](O)CO.[SnH2]. The van der Waals surface area contributed by atoms with E-state index in [9.17, 15) is 13.2 Å². The average Bonchev–Trinajstić information content (AvgIpc) is 2.22. The van der Waals surface area contributed by atoms with Gasteiger partial charge in [-0.15, -0.1) is 0 Å². The van der Waals surface area contributed by atoms with E-state index in [1.165, 1.54) is 0 Å². The third-order valence-electron chi connectivity index (χ3n) is 1.69. The van der Waals surface area contributed by atoms with E-state index in [-0.39, 0.29) is 23.9 Å². The van der Waals surface area contributed by atoms with Crippen LogP contribution >= 0.6 is 0 Å². The van der Waals surface area contributed by atoms with Crippen molar-refractivity contribution in [2.45, 2.75) is 24.4 Å². The Morgan fingerprint density at radius 2 is 1.61 bits per heavy atom. The van der Waals surface area contributed by atoms with Crippen molar-refractivity contribution >= 4 is 40.2 Å². The number of aliphatic hydroxyl groups excluding tert-OH is 5. The minimum atomic E-state index is -4.67. The molecule has 0 spiro atoms. The van der Waals surface area contributed by atoms with Crippen LogP contribution in [0.4, 0.5) is 0 Å². The molecule has 0 heterocycles. The molecule has 7 N–H and O–H groups in total. The van der Waals surface area contributed by atoms with Gasteiger partial charge in [0.25, 0.3) is 0 Å². The van der Waals surface area contributed by atoms with E-state index in [2.05, 4.69) is 9.32 Å². The fourth-order valence-corrected chi connectivity index (χ4v) is 1.15. The first-order valence-corrected chi connectivity index (χ1v) is 5.66. The molecule has 0 aromatic heterocycles. The molecule has 12 heteroatoms. The maximum atomic E-state index is 10.9. The monoisotopic (exact) mass is 397 g/mol. The van der Waals surface area contributed by atoms with Crippen molar-refractivity contribution in [1.82, 2.24) is 0 Å². The molecule has 18 heavy (non-hydrogen) atoms. The molecule has 4 atom stereocenters. The summed E-state index contributed by atoms with van der Waals surface area (Å²) in [7, 11) is -4.67. The predicted octanol–water partition coefficient (Wildman–Crippen LogP) is -5.75. The number of carbonyl (C=O) groups is 1. The summed E-state index contributed by atoms with van der Waals surface area (Å²) in [6.07, 6.45) is -8.62. The first-order valence-electron chi connectivity index (χ1n) is 4.19. The molecule has 0 unspecified atom stereocenters. The van der Waals surface area contributed by atoms with Crippen LogP contribution in [0.25, 0.3) is 0 Å². The Labute approximate surface area is 119 Å². The number of hydrogen-bond donors (Lipinski definition) is 6. The number of nitrogens with two attached hydrogens (primary N) is 1. The van der Waals surface area contributed by atoms with E-state index in [0.717, 1.165) is 0 Å². The van der Waals surface area contributed by atoms with Gasteiger partial charge in [-0.2, -0.15) is 13.6 Å². The van der Waals surface area contributed by atoms with Gasteiger partial charge in [0, 0.05) is 0 Å². The van der Waals surface area contributed by atoms with Gasteiger partial charge in [-0.1, -0.05) is 0 Å². The summed E-state index contributed by atoms with van der Waals surface area (Å²) in [5.41, 5.74) is 0. The third-order valence-corrected chi connectivity index (χ3v) is 2.09. The second-order valence-electron chi connectivity index (χ2n) is 3.07. The summed E-state index contributed by atoms with van der Waals surface area (Å²) in [4.78, 5) is 10.9. The molecule has 108 valence electrons. The van der Waals surface area contributed by atoms with Crippen LogP contribution < -0.4 is 5.14 Å². The molecule has 0 fully saturated rings. The number of aliphatic hydroxyl groups is 5. The van der Waals surface area contributed by atoms with Crippen LogP contribution in [0, 0.1) is 0 Å². The molecular formula is C6H15NO9SSn. The Morgan fingerprint density at radius 3 is 1.94 bits per heavy atom. The van der Waals surface area contributed by atoms with E-state index in [0.29, 0.717) is 0 Å². The zero-order valence-electron chi connectivity index (χ0n) is 9.08. The van der Waals surface area contributed by atoms with Crippen molar-refractivity contribution in [1.29, 1.82) is 0 Å². The van der Waals surface area contributed by atoms with Crippen LogP contribution in [0.2, 0.25) is 0 Å². The Bertz CT molecular complexity index is 360. The Kier molecular flexibility index (Phi) is 9.26. The topological polar surface area (TPSA) is 188 Å². The van der Waals surface area contributed by atoms with Gasteiger partial charge in [0.2, 0.25) is 0 Å². The summed E-state index contributed by atoms with van der Waals surface area (Å²) in [6, 6.07) is 0. The van der Waals surface area contributed by atoms with Crippen molar-refractivity contribution in [2.24, 2.45) is 5.14 Å². The van der Waals surface area contributed by atoms with Gasteiger partial charge < -0.3 is 29.7 Å². The quantitative estimate of drug-likeness (QED) is 0.238. The molecule has 0 rings (SSSR count). The molecule has 0 aliphatic heterocycles. The summed E-state index contributed by atoms with van der Waals surface area (Å²) in [5.74, 6) is -1.83. The molecular weight excluding hydrogens is 381 g/mol. The number of rotatable bonds is 6. The molecule has 2 radical (unpaired) electrons. The summed E-state index contributed by atoms with van der Waals surface area (Å²) >= 11 is 0. The standard InChI is InChI=1S/C6H13NO9S.Sn.2H/c7-17(14,15)16-6(13)5(12)4(11)3(10)2(9)1-8;;;/h2-5,8-12H,1H2,(H2,7,14,15);;;/t2-,3-,4+,5-;;;/m1.../s1. The van der Waals surface area contributed by atoms with Crippen LogP contribution in [0.1, 0.15) is 0 Å². The zero-order chi connectivity index (χ0) is 13.8. The average molecular weight is 396 g/mol. The van der Waals surface area contributed by atoms with Crippen molar-refractivity contribution in [2.75, 3.05) is 6.61 Å². The molecule has 10 nitrogen and oxygen atoms in total. The van der Waals surface area contributed by atoms with Crippen LogP contribution in [0.3, 0.4) is 0 Å². The van der Waals surface area contributed by atoms with Crippen molar-refractivity contribution in [3.63, 3.8) is 0 Å². The molecule has 0 amide bonds. The fourth-order valence-electron chi connectivity index (χ4n) is 0.826. The van der Waals surface area contributed by atoms with Crippen molar-refractivity contribution < 1.29 is 42.9 Å². The summed E-state index contributed by atoms with van der Waals surface area (Å²) in [5, 5.41) is 49.0. The Hall–Kier alpha value is -0.0213. The first-order chi connectivity index (χ1) is 7.60. The Morgan fingerprint density at radius 1 is 1.17 bits per heavy atom. The predicted molar refractivity (Wildman–Crippen MR) is 58.9 cm³/mol. The second kappa shape index (κ2) is 8.21. The van der Waals surface area contributed by atoms with E-state index in [1.54, 1.807) is 0 Å². The number of carbonyl (C=O) groups excluding carboxylic acids is 1. The molecule has 0 aromatic carbocycles. The molecule has 0 aromatic rings. The third kappa shape index (κ3) is 6.79. The second-order valence-corrected chi connectivity index (χ2v) is 4.22. The van der Waals surface area contributed by atoms with Crippen LogP contribution in [0.5, 0.6) is 0 Å². The van der Waals surface area contributed by atoms with Gasteiger partial charge in [0.05, 0.1) is 6.61 Å². The fraction of sp³-hybridized carbons (Fsp3) is 0.833. The van der Waals surface area contributed by atoms with Crippen LogP contribution in [-0.2, 0) is 19.3 Å². The van der Waals surface area contributed by atoms with Gasteiger partial charge in [-0.3, -0.25) is 0 Å². The van der Waals surface area contributed by atoms with Crippen molar-refractivity contribution in [3.8, 4) is 0 Å². The first kappa shape index (κ1) is 20.3. The van der Waals surface area contributed by atoms with Gasteiger partial charge in [0.1, 0.15) is 18.3 Å². The molecule has 0 saturated carbocycles. The van der Waals surface area contributed by atoms with E-state index in [4.69, 9.17) is 25.5 Å². The minimum absolute atomic E-state index is 0. The van der Waals surface area contributed by atoms with E-state index in [1.807, 2.05) is 0 Å². The molecule has 0 aliphatic rings. The number of hydrogen-bond acceptors (Lipinski definition) is 9. The van der Waals surface area contributed by atoms with Gasteiger partial charge >= 0.3 is 40.2 Å². The normalized spacial score (nSPS) is 18.1. The van der Waals surface area contributed by atoms with Gasteiger partial charge in [-0.25, -0.2) is 4.79 Å².